The van der Waals surface area contributed by atoms with Crippen LogP contribution in [0.25, 0.3) is 0 Å². The molecule has 0 aliphatic rings. The van der Waals surface area contributed by atoms with Gasteiger partial charge in [-0.2, -0.15) is 0 Å². The van der Waals surface area contributed by atoms with Crippen molar-refractivity contribution in [3.8, 4) is 0 Å². The van der Waals surface area contributed by atoms with Crippen LogP contribution in [0.1, 0.15) is 24.2 Å². The summed E-state index contributed by atoms with van der Waals surface area (Å²) in [5.41, 5.74) is 5.09. The molecule has 112 valence electrons. The van der Waals surface area contributed by atoms with Gasteiger partial charge in [-0.25, -0.2) is 13.1 Å². The van der Waals surface area contributed by atoms with Crippen molar-refractivity contribution in [2.45, 2.75) is 24.3 Å². The fourth-order valence-corrected chi connectivity index (χ4v) is 2.99. The van der Waals surface area contributed by atoms with E-state index >= 15 is 0 Å². The molecule has 0 aliphatic heterocycles. The predicted molar refractivity (Wildman–Crippen MR) is 77.9 cm³/mol. The number of carbonyl (C=O) groups is 1. The molecule has 0 aliphatic carbocycles. The van der Waals surface area contributed by atoms with Gasteiger partial charge in [-0.15, -0.1) is 0 Å². The molecule has 0 aromatic heterocycles. The minimum atomic E-state index is -3.71. The number of nitrogens with zero attached hydrogens (tertiary/aromatic N) is 1. The maximum atomic E-state index is 12.3. The third-order valence-electron chi connectivity index (χ3n) is 2.72. The Kier molecular flexibility index (Phi) is 4.90. The van der Waals surface area contributed by atoms with Gasteiger partial charge in [0.2, 0.25) is 10.0 Å². The molecule has 7 heteroatoms. The van der Waals surface area contributed by atoms with E-state index < -0.39 is 15.6 Å². The molecule has 0 unspecified atom stereocenters. The lowest BCUT2D eigenvalue weighted by molar-refractivity contribution is 0.0827. The van der Waals surface area contributed by atoms with Crippen molar-refractivity contribution < 1.29 is 13.2 Å². The monoisotopic (exact) mass is 299 g/mol. The Morgan fingerprint density at radius 3 is 2.45 bits per heavy atom. The normalized spacial score (nSPS) is 12.2. The number of hydrogen-bond donors (Lipinski definition) is 2. The molecule has 1 aromatic rings. The van der Waals surface area contributed by atoms with Gasteiger partial charge in [-0.05, 0) is 32.0 Å². The van der Waals surface area contributed by atoms with Crippen LogP contribution in [0.4, 0.5) is 0 Å². The lowest BCUT2D eigenvalue weighted by atomic mass is 10.1. The van der Waals surface area contributed by atoms with Crippen LogP contribution in [-0.2, 0) is 10.0 Å². The van der Waals surface area contributed by atoms with Gasteiger partial charge in [-0.1, -0.05) is 6.07 Å². The quantitative estimate of drug-likeness (QED) is 0.823. The van der Waals surface area contributed by atoms with Crippen LogP contribution in [0.3, 0.4) is 0 Å². The molecular formula is C13H21N3O3S. The van der Waals surface area contributed by atoms with Crippen molar-refractivity contribution in [3.63, 3.8) is 0 Å². The van der Waals surface area contributed by atoms with Gasteiger partial charge >= 0.3 is 0 Å². The summed E-state index contributed by atoms with van der Waals surface area (Å²) >= 11 is 0. The standard InChI is InChI=1S/C13H21N3O3S/c1-13(2,9-14)15-20(18,19)11-7-5-6-10(8-11)12(17)16(3)4/h5-8,15H,9,14H2,1-4H3. The van der Waals surface area contributed by atoms with E-state index in [0.717, 1.165) is 0 Å². The molecule has 0 fully saturated rings. The minimum Gasteiger partial charge on any atom is -0.345 e. The Hall–Kier alpha value is -1.44. The largest absolute Gasteiger partial charge is 0.345 e. The topological polar surface area (TPSA) is 92.5 Å². The molecule has 3 N–H and O–H groups in total. The number of sulfonamides is 1. The molecule has 20 heavy (non-hydrogen) atoms. The molecule has 1 aromatic carbocycles. The van der Waals surface area contributed by atoms with Crippen molar-refractivity contribution in [2.24, 2.45) is 5.73 Å². The highest BCUT2D eigenvalue weighted by Crippen LogP contribution is 2.15. The summed E-state index contributed by atoms with van der Waals surface area (Å²) in [6.07, 6.45) is 0. The second-order valence-corrected chi connectivity index (χ2v) is 7.10. The Morgan fingerprint density at radius 1 is 1.35 bits per heavy atom. The summed E-state index contributed by atoms with van der Waals surface area (Å²) in [5.74, 6) is -0.250. The minimum absolute atomic E-state index is 0.0479. The maximum Gasteiger partial charge on any atom is 0.253 e. The van der Waals surface area contributed by atoms with E-state index in [2.05, 4.69) is 4.72 Å². The Balaban J connectivity index is 3.15. The first-order valence-electron chi connectivity index (χ1n) is 6.15. The van der Waals surface area contributed by atoms with E-state index in [0.29, 0.717) is 5.56 Å². The zero-order valence-electron chi connectivity index (χ0n) is 12.2. The van der Waals surface area contributed by atoms with Crippen LogP contribution in [0.15, 0.2) is 29.2 Å². The summed E-state index contributed by atoms with van der Waals surface area (Å²) in [4.78, 5) is 13.3. The molecule has 1 rings (SSSR count). The predicted octanol–water partition coefficient (Wildman–Crippen LogP) is 0.404. The smallest absolute Gasteiger partial charge is 0.253 e. The summed E-state index contributed by atoms with van der Waals surface area (Å²) in [5, 5.41) is 0. The number of benzene rings is 1. The van der Waals surface area contributed by atoms with Crippen LogP contribution in [0.2, 0.25) is 0 Å². The first-order chi connectivity index (χ1) is 9.09. The number of amides is 1. The van der Waals surface area contributed by atoms with Gasteiger partial charge in [0.1, 0.15) is 0 Å². The second-order valence-electron chi connectivity index (χ2n) is 5.42. The van der Waals surface area contributed by atoms with Gasteiger partial charge < -0.3 is 10.6 Å². The van der Waals surface area contributed by atoms with Gasteiger partial charge in [0.05, 0.1) is 4.90 Å². The fraction of sp³-hybridized carbons (Fsp3) is 0.462. The first-order valence-corrected chi connectivity index (χ1v) is 7.63. The second kappa shape index (κ2) is 5.90. The molecule has 6 nitrogen and oxygen atoms in total. The number of nitrogens with two attached hydrogens (primary N) is 1. The van der Waals surface area contributed by atoms with Gasteiger partial charge in [-0.3, -0.25) is 4.79 Å². The molecule has 0 saturated heterocycles. The third-order valence-corrected chi connectivity index (χ3v) is 4.41. The van der Waals surface area contributed by atoms with Crippen molar-refractivity contribution in [2.75, 3.05) is 20.6 Å². The highest BCUT2D eigenvalue weighted by molar-refractivity contribution is 7.89. The summed E-state index contributed by atoms with van der Waals surface area (Å²) in [6, 6.07) is 5.93. The number of carbonyl (C=O) groups excluding carboxylic acids is 1. The molecule has 1 amide bonds. The van der Waals surface area contributed by atoms with Crippen LogP contribution in [-0.4, -0.2) is 45.4 Å². The highest BCUT2D eigenvalue weighted by atomic mass is 32.2. The van der Waals surface area contributed by atoms with Gasteiger partial charge in [0, 0.05) is 31.7 Å². The zero-order valence-corrected chi connectivity index (χ0v) is 13.0. The van der Waals surface area contributed by atoms with Crippen molar-refractivity contribution >= 4 is 15.9 Å². The fourth-order valence-electron chi connectivity index (χ4n) is 1.52. The molecule has 0 atom stereocenters. The van der Waals surface area contributed by atoms with Crippen LogP contribution >= 0.6 is 0 Å². The molecule has 0 radical (unpaired) electrons. The number of rotatable bonds is 5. The van der Waals surface area contributed by atoms with Gasteiger partial charge in [0.25, 0.3) is 5.91 Å². The van der Waals surface area contributed by atoms with E-state index in [-0.39, 0.29) is 17.3 Å². The number of hydrogen-bond acceptors (Lipinski definition) is 4. The lowest BCUT2D eigenvalue weighted by Crippen LogP contribution is -2.48. The van der Waals surface area contributed by atoms with E-state index in [9.17, 15) is 13.2 Å². The molecule has 0 spiro atoms. The van der Waals surface area contributed by atoms with E-state index in [1.54, 1.807) is 40.1 Å². The van der Waals surface area contributed by atoms with Crippen molar-refractivity contribution in [1.82, 2.24) is 9.62 Å². The zero-order chi connectivity index (χ0) is 15.6. The Labute approximate surface area is 120 Å². The molecule has 0 heterocycles. The van der Waals surface area contributed by atoms with Crippen LogP contribution in [0.5, 0.6) is 0 Å². The summed E-state index contributed by atoms with van der Waals surface area (Å²) < 4.78 is 27.0. The summed E-state index contributed by atoms with van der Waals surface area (Å²) in [6.45, 7) is 3.56. The first kappa shape index (κ1) is 16.6. The highest BCUT2D eigenvalue weighted by Gasteiger charge is 2.25. The summed E-state index contributed by atoms with van der Waals surface area (Å²) in [7, 11) is -0.492. The average molecular weight is 299 g/mol. The average Bonchev–Trinajstić information content (AvgIpc) is 2.36. The lowest BCUT2D eigenvalue weighted by Gasteiger charge is -2.24. The SMILES string of the molecule is CN(C)C(=O)c1cccc(S(=O)(=O)NC(C)(C)CN)c1. The van der Waals surface area contributed by atoms with Crippen molar-refractivity contribution in [1.29, 1.82) is 0 Å². The van der Waals surface area contributed by atoms with Gasteiger partial charge in [0.15, 0.2) is 0 Å². The molecule has 0 bridgehead atoms. The Morgan fingerprint density at radius 2 is 1.95 bits per heavy atom. The Bertz CT molecular complexity index is 595. The molecular weight excluding hydrogens is 278 g/mol. The van der Waals surface area contributed by atoms with E-state index in [1.807, 2.05) is 0 Å². The van der Waals surface area contributed by atoms with Crippen molar-refractivity contribution in [3.05, 3.63) is 29.8 Å². The molecule has 0 saturated carbocycles. The van der Waals surface area contributed by atoms with Crippen LogP contribution in [0, 0.1) is 0 Å². The van der Waals surface area contributed by atoms with Crippen LogP contribution < -0.4 is 10.5 Å². The number of nitrogens with one attached hydrogen (secondary N) is 1. The van der Waals surface area contributed by atoms with E-state index in [4.69, 9.17) is 5.73 Å². The maximum absolute atomic E-state index is 12.3. The third kappa shape index (κ3) is 4.03. The van der Waals surface area contributed by atoms with E-state index in [1.165, 1.54) is 17.0 Å².